The maximum Gasteiger partial charge on any atom is 0.291 e. The first-order valence-electron chi connectivity index (χ1n) is 7.54. The van der Waals surface area contributed by atoms with E-state index in [9.17, 15) is 4.79 Å². The highest BCUT2D eigenvalue weighted by atomic mass is 35.5. The summed E-state index contributed by atoms with van der Waals surface area (Å²) in [5.74, 6) is 0.581. The first kappa shape index (κ1) is 14.8. The van der Waals surface area contributed by atoms with Crippen LogP contribution in [-0.4, -0.2) is 42.1 Å². The molecule has 3 rings (SSSR count). The average molecular weight is 313 g/mol. The Morgan fingerprint density at radius 2 is 2.38 bits per heavy atom. The van der Waals surface area contributed by atoms with Crippen molar-refractivity contribution in [1.82, 2.24) is 15.1 Å². The molecule has 2 N–H and O–H groups in total. The Balaban J connectivity index is 1.67. The van der Waals surface area contributed by atoms with E-state index in [0.29, 0.717) is 36.3 Å². The predicted molar refractivity (Wildman–Crippen MR) is 81.9 cm³/mol. The third kappa shape index (κ3) is 3.56. The van der Waals surface area contributed by atoms with Crippen LogP contribution in [0.4, 0.5) is 5.69 Å². The maximum absolute atomic E-state index is 12.4. The second kappa shape index (κ2) is 6.77. The molecule has 0 bridgehead atoms. The van der Waals surface area contributed by atoms with Crippen molar-refractivity contribution in [3.05, 3.63) is 21.6 Å². The van der Waals surface area contributed by atoms with Gasteiger partial charge in [0.15, 0.2) is 0 Å². The molecule has 0 spiro atoms. The van der Waals surface area contributed by atoms with Crippen molar-refractivity contribution in [3.63, 3.8) is 0 Å². The van der Waals surface area contributed by atoms with Crippen LogP contribution in [0.1, 0.15) is 19.3 Å². The van der Waals surface area contributed by atoms with Gasteiger partial charge >= 0.3 is 0 Å². The third-order valence-electron chi connectivity index (χ3n) is 4.18. The molecule has 1 atom stereocenters. The smallest absolute Gasteiger partial charge is 0.291 e. The first-order chi connectivity index (χ1) is 10.2. The highest BCUT2D eigenvalue weighted by Crippen LogP contribution is 2.27. The molecule has 1 unspecified atom stereocenters. The Hall–Kier alpha value is -1.11. The van der Waals surface area contributed by atoms with Crippen LogP contribution in [0, 0.1) is 5.92 Å². The fourth-order valence-corrected chi connectivity index (χ4v) is 2.85. The van der Waals surface area contributed by atoms with E-state index in [1.165, 1.54) is 23.9 Å². The fourth-order valence-electron chi connectivity index (χ4n) is 2.65. The van der Waals surface area contributed by atoms with Crippen LogP contribution >= 0.6 is 11.6 Å². The van der Waals surface area contributed by atoms with Crippen LogP contribution in [-0.2, 0) is 11.3 Å². The molecule has 7 heteroatoms. The van der Waals surface area contributed by atoms with Crippen LogP contribution in [0.5, 0.6) is 0 Å². The Morgan fingerprint density at radius 3 is 3.05 bits per heavy atom. The van der Waals surface area contributed by atoms with E-state index in [2.05, 4.69) is 15.7 Å². The molecule has 1 aliphatic carbocycles. The number of nitrogens with one attached hydrogen (secondary N) is 2. The number of hydrogen-bond acceptors (Lipinski definition) is 5. The zero-order valence-electron chi connectivity index (χ0n) is 12.0. The Bertz CT molecular complexity index is 538. The van der Waals surface area contributed by atoms with Crippen LogP contribution in [0.15, 0.2) is 11.0 Å². The molecule has 1 aromatic heterocycles. The molecule has 116 valence electrons. The van der Waals surface area contributed by atoms with Gasteiger partial charge in [0.05, 0.1) is 24.4 Å². The van der Waals surface area contributed by atoms with Gasteiger partial charge in [-0.3, -0.25) is 4.79 Å². The normalized spacial score (nSPS) is 22.8. The highest BCUT2D eigenvalue weighted by molar-refractivity contribution is 6.32. The van der Waals surface area contributed by atoms with Gasteiger partial charge in [0.25, 0.3) is 5.56 Å². The van der Waals surface area contributed by atoms with Gasteiger partial charge in [0, 0.05) is 25.7 Å². The van der Waals surface area contributed by atoms with E-state index in [0.717, 1.165) is 13.2 Å². The number of anilines is 1. The standard InChI is InChI=1S/C14H21ClN4O2/c15-12-7-18-19(8-10-2-1-3-10)14(20)13(12)17-6-11-9-21-5-4-16-11/h7,10-11,16-17H,1-6,8-9H2. The molecule has 0 amide bonds. The summed E-state index contributed by atoms with van der Waals surface area (Å²) in [7, 11) is 0. The molecule has 2 aliphatic rings. The van der Waals surface area contributed by atoms with Gasteiger partial charge in [0.1, 0.15) is 5.69 Å². The lowest BCUT2D eigenvalue weighted by Gasteiger charge is -2.26. The molecule has 2 heterocycles. The highest BCUT2D eigenvalue weighted by Gasteiger charge is 2.20. The van der Waals surface area contributed by atoms with Gasteiger partial charge in [0.2, 0.25) is 0 Å². The van der Waals surface area contributed by atoms with Crippen molar-refractivity contribution >= 4 is 17.3 Å². The number of nitrogens with zero attached hydrogens (tertiary/aromatic N) is 2. The summed E-state index contributed by atoms with van der Waals surface area (Å²) in [5.41, 5.74) is 0.310. The van der Waals surface area contributed by atoms with Gasteiger partial charge in [-0.2, -0.15) is 5.10 Å². The van der Waals surface area contributed by atoms with Crippen molar-refractivity contribution in [2.24, 2.45) is 5.92 Å². The molecule has 1 saturated heterocycles. The van der Waals surface area contributed by atoms with E-state index >= 15 is 0 Å². The van der Waals surface area contributed by atoms with E-state index in [1.54, 1.807) is 6.20 Å². The molecule has 21 heavy (non-hydrogen) atoms. The molecule has 2 fully saturated rings. The maximum atomic E-state index is 12.4. The van der Waals surface area contributed by atoms with Gasteiger partial charge in [-0.15, -0.1) is 0 Å². The van der Waals surface area contributed by atoms with Crippen LogP contribution in [0.3, 0.4) is 0 Å². The Labute approximate surface area is 128 Å². The van der Waals surface area contributed by atoms with E-state index in [1.807, 2.05) is 0 Å². The topological polar surface area (TPSA) is 68.2 Å². The average Bonchev–Trinajstić information content (AvgIpc) is 2.45. The number of halogens is 1. The van der Waals surface area contributed by atoms with E-state index in [-0.39, 0.29) is 11.6 Å². The fraction of sp³-hybridized carbons (Fsp3) is 0.714. The van der Waals surface area contributed by atoms with E-state index < -0.39 is 0 Å². The molecule has 0 aromatic carbocycles. The minimum atomic E-state index is -0.133. The zero-order valence-corrected chi connectivity index (χ0v) is 12.7. The quantitative estimate of drug-likeness (QED) is 0.852. The van der Waals surface area contributed by atoms with Crippen LogP contribution in [0.2, 0.25) is 5.02 Å². The van der Waals surface area contributed by atoms with Crippen molar-refractivity contribution < 1.29 is 4.74 Å². The molecule has 0 radical (unpaired) electrons. The van der Waals surface area contributed by atoms with Crippen LogP contribution in [0.25, 0.3) is 0 Å². The zero-order chi connectivity index (χ0) is 14.7. The monoisotopic (exact) mass is 312 g/mol. The molecule has 1 aromatic rings. The number of ether oxygens (including phenoxy) is 1. The SMILES string of the molecule is O=c1c(NCC2COCCN2)c(Cl)cnn1CC1CCC1. The summed E-state index contributed by atoms with van der Waals surface area (Å²) in [5, 5.41) is 11.0. The van der Waals surface area contributed by atoms with Crippen molar-refractivity contribution in [2.45, 2.75) is 31.8 Å². The molecule has 1 saturated carbocycles. The summed E-state index contributed by atoms with van der Waals surface area (Å²) in [4.78, 5) is 12.4. The summed E-state index contributed by atoms with van der Waals surface area (Å²) in [6.45, 7) is 3.52. The largest absolute Gasteiger partial charge is 0.378 e. The summed E-state index contributed by atoms with van der Waals surface area (Å²) < 4.78 is 6.93. The molecular weight excluding hydrogens is 292 g/mol. The minimum absolute atomic E-state index is 0.133. The van der Waals surface area contributed by atoms with Gasteiger partial charge in [-0.1, -0.05) is 18.0 Å². The third-order valence-corrected chi connectivity index (χ3v) is 4.46. The first-order valence-corrected chi connectivity index (χ1v) is 7.92. The summed E-state index contributed by atoms with van der Waals surface area (Å²) >= 11 is 6.11. The van der Waals surface area contributed by atoms with Crippen molar-refractivity contribution in [1.29, 1.82) is 0 Å². The van der Waals surface area contributed by atoms with Gasteiger partial charge in [-0.05, 0) is 18.8 Å². The lowest BCUT2D eigenvalue weighted by molar-refractivity contribution is 0.0806. The number of hydrogen-bond donors (Lipinski definition) is 2. The molecular formula is C14H21ClN4O2. The van der Waals surface area contributed by atoms with E-state index in [4.69, 9.17) is 16.3 Å². The lowest BCUT2D eigenvalue weighted by atomic mass is 9.85. The molecule has 1 aliphatic heterocycles. The van der Waals surface area contributed by atoms with Crippen molar-refractivity contribution in [2.75, 3.05) is 31.6 Å². The molecule has 6 nitrogen and oxygen atoms in total. The number of morpholine rings is 1. The summed E-state index contributed by atoms with van der Waals surface area (Å²) in [6, 6.07) is 0.197. The van der Waals surface area contributed by atoms with Gasteiger partial charge in [-0.25, -0.2) is 4.68 Å². The summed E-state index contributed by atoms with van der Waals surface area (Å²) in [6.07, 6.45) is 5.17. The predicted octanol–water partition coefficient (Wildman–Crippen LogP) is 1.10. The Morgan fingerprint density at radius 1 is 1.52 bits per heavy atom. The van der Waals surface area contributed by atoms with Gasteiger partial charge < -0.3 is 15.4 Å². The minimum Gasteiger partial charge on any atom is -0.378 e. The second-order valence-electron chi connectivity index (χ2n) is 5.76. The number of rotatable bonds is 5. The van der Waals surface area contributed by atoms with Crippen molar-refractivity contribution in [3.8, 4) is 0 Å². The second-order valence-corrected chi connectivity index (χ2v) is 6.17. The number of aromatic nitrogens is 2. The Kier molecular flexibility index (Phi) is 4.77. The lowest BCUT2D eigenvalue weighted by Crippen LogP contribution is -2.46. The van der Waals surface area contributed by atoms with Crippen LogP contribution < -0.4 is 16.2 Å².